The maximum atomic E-state index is 12.4. The molecular weight excluding hydrogens is 278 g/mol. The molecule has 0 saturated heterocycles. The average molecular weight is 295 g/mol. The van der Waals surface area contributed by atoms with Crippen LogP contribution in [0, 0.1) is 17.2 Å². The predicted octanol–water partition coefficient (Wildman–Crippen LogP) is 2.03. The van der Waals surface area contributed by atoms with E-state index in [1.165, 1.54) is 6.20 Å². The van der Waals surface area contributed by atoms with Crippen LogP contribution in [-0.2, 0) is 19.5 Å². The highest BCUT2D eigenvalue weighted by molar-refractivity contribution is 5.93. The Balaban J connectivity index is 1.76. The highest BCUT2D eigenvalue weighted by atomic mass is 16.2. The number of aromatic nitrogens is 3. The van der Waals surface area contributed by atoms with Crippen molar-refractivity contribution in [1.29, 1.82) is 5.26 Å². The Morgan fingerprint density at radius 1 is 1.50 bits per heavy atom. The number of carbonyl (C=O) groups is 1. The Hall–Kier alpha value is -2.68. The second-order valence-corrected chi connectivity index (χ2v) is 5.93. The number of aromatic amines is 1. The van der Waals surface area contributed by atoms with Crippen LogP contribution in [0.25, 0.3) is 0 Å². The third-order valence-electron chi connectivity index (χ3n) is 3.63. The van der Waals surface area contributed by atoms with Crippen LogP contribution >= 0.6 is 0 Å². The van der Waals surface area contributed by atoms with E-state index < -0.39 is 0 Å². The van der Waals surface area contributed by atoms with Crippen LogP contribution in [0.1, 0.15) is 47.0 Å². The summed E-state index contributed by atoms with van der Waals surface area (Å²) in [6, 6.07) is 3.58. The number of fused-ring (bicyclic) bond motifs is 1. The maximum absolute atomic E-state index is 12.4. The zero-order valence-electron chi connectivity index (χ0n) is 12.6. The SMILES string of the molecule is CC(C)Cc1ncc2c(n1)CN(C(=O)c1cc(C#N)c[nH]1)C2. The van der Waals surface area contributed by atoms with Crippen LogP contribution in [0.15, 0.2) is 18.5 Å². The number of hydrogen-bond acceptors (Lipinski definition) is 4. The molecule has 0 aliphatic carbocycles. The van der Waals surface area contributed by atoms with Gasteiger partial charge in [-0.25, -0.2) is 9.97 Å². The minimum atomic E-state index is -0.120. The van der Waals surface area contributed by atoms with Gasteiger partial charge in [-0.3, -0.25) is 4.79 Å². The number of amides is 1. The molecule has 0 bridgehead atoms. The Morgan fingerprint density at radius 3 is 3.00 bits per heavy atom. The normalized spacial score (nSPS) is 13.3. The van der Waals surface area contributed by atoms with Crippen molar-refractivity contribution in [3.05, 3.63) is 46.8 Å². The molecule has 6 heteroatoms. The van der Waals surface area contributed by atoms with Gasteiger partial charge in [-0.05, 0) is 12.0 Å². The molecule has 1 N–H and O–H groups in total. The summed E-state index contributed by atoms with van der Waals surface area (Å²) in [5.41, 5.74) is 2.80. The van der Waals surface area contributed by atoms with E-state index in [1.54, 1.807) is 11.0 Å². The Kier molecular flexibility index (Phi) is 3.63. The summed E-state index contributed by atoms with van der Waals surface area (Å²) in [6.45, 7) is 5.26. The van der Waals surface area contributed by atoms with Crippen LogP contribution < -0.4 is 0 Å². The van der Waals surface area contributed by atoms with Crippen LogP contribution in [0.4, 0.5) is 0 Å². The molecule has 0 unspecified atom stereocenters. The molecule has 3 rings (SSSR count). The van der Waals surface area contributed by atoms with E-state index in [1.807, 2.05) is 12.3 Å². The molecule has 1 aliphatic heterocycles. The third-order valence-corrected chi connectivity index (χ3v) is 3.63. The summed E-state index contributed by atoms with van der Waals surface area (Å²) >= 11 is 0. The largest absolute Gasteiger partial charge is 0.356 e. The molecule has 6 nitrogen and oxygen atoms in total. The van der Waals surface area contributed by atoms with Crippen molar-refractivity contribution in [3.8, 4) is 6.07 Å². The minimum absolute atomic E-state index is 0.120. The van der Waals surface area contributed by atoms with Crippen molar-refractivity contribution in [2.45, 2.75) is 33.4 Å². The number of nitrogens with one attached hydrogen (secondary N) is 1. The quantitative estimate of drug-likeness (QED) is 0.938. The Bertz CT molecular complexity index is 756. The fourth-order valence-corrected chi connectivity index (χ4v) is 2.55. The van der Waals surface area contributed by atoms with Crippen molar-refractivity contribution >= 4 is 5.91 Å². The molecule has 3 heterocycles. The van der Waals surface area contributed by atoms with Crippen molar-refractivity contribution < 1.29 is 4.79 Å². The molecular formula is C16H17N5O. The molecule has 0 atom stereocenters. The molecule has 0 fully saturated rings. The zero-order valence-corrected chi connectivity index (χ0v) is 12.6. The summed E-state index contributed by atoms with van der Waals surface area (Å²) in [4.78, 5) is 26.0. The monoisotopic (exact) mass is 295 g/mol. The zero-order chi connectivity index (χ0) is 15.7. The van der Waals surface area contributed by atoms with E-state index in [-0.39, 0.29) is 5.91 Å². The van der Waals surface area contributed by atoms with Gasteiger partial charge in [-0.15, -0.1) is 0 Å². The molecule has 0 saturated carbocycles. The highest BCUT2D eigenvalue weighted by Gasteiger charge is 2.27. The van der Waals surface area contributed by atoms with Gasteiger partial charge in [-0.1, -0.05) is 13.8 Å². The third kappa shape index (κ3) is 2.70. The fraction of sp³-hybridized carbons (Fsp3) is 0.375. The average Bonchev–Trinajstić information content (AvgIpc) is 3.12. The van der Waals surface area contributed by atoms with Gasteiger partial charge in [0.15, 0.2) is 0 Å². The smallest absolute Gasteiger partial charge is 0.270 e. The molecule has 0 spiro atoms. The van der Waals surface area contributed by atoms with Crippen LogP contribution in [0.2, 0.25) is 0 Å². The second kappa shape index (κ2) is 5.60. The van der Waals surface area contributed by atoms with E-state index in [0.717, 1.165) is 23.5 Å². The lowest BCUT2D eigenvalue weighted by Gasteiger charge is -2.13. The molecule has 2 aromatic rings. The van der Waals surface area contributed by atoms with Crippen LogP contribution in [0.3, 0.4) is 0 Å². The summed E-state index contributed by atoms with van der Waals surface area (Å²) in [6.07, 6.45) is 4.20. The van der Waals surface area contributed by atoms with Crippen LogP contribution in [-0.4, -0.2) is 25.8 Å². The molecule has 0 radical (unpaired) electrons. The summed E-state index contributed by atoms with van der Waals surface area (Å²) in [7, 11) is 0. The van der Waals surface area contributed by atoms with Crippen molar-refractivity contribution in [2.75, 3.05) is 0 Å². The summed E-state index contributed by atoms with van der Waals surface area (Å²) in [5.74, 6) is 1.21. The number of H-pyrrole nitrogens is 1. The summed E-state index contributed by atoms with van der Waals surface area (Å²) in [5, 5.41) is 8.83. The number of nitriles is 1. The van der Waals surface area contributed by atoms with Crippen LogP contribution in [0.5, 0.6) is 0 Å². The minimum Gasteiger partial charge on any atom is -0.356 e. The highest BCUT2D eigenvalue weighted by Crippen LogP contribution is 2.22. The van der Waals surface area contributed by atoms with Gasteiger partial charge in [-0.2, -0.15) is 5.26 Å². The molecule has 1 amide bonds. The molecule has 1 aliphatic rings. The lowest BCUT2D eigenvalue weighted by Crippen LogP contribution is -2.25. The molecule has 0 aromatic carbocycles. The van der Waals surface area contributed by atoms with E-state index in [2.05, 4.69) is 28.8 Å². The number of hydrogen-bond donors (Lipinski definition) is 1. The standard InChI is InChI=1S/C16H17N5O/c1-10(2)3-15-19-7-12-8-21(9-14(12)20-15)16(22)13-4-11(5-17)6-18-13/h4,6-7,10,18H,3,8-9H2,1-2H3. The first kappa shape index (κ1) is 14.3. The number of rotatable bonds is 3. The van der Waals surface area contributed by atoms with E-state index >= 15 is 0 Å². The van der Waals surface area contributed by atoms with E-state index in [4.69, 9.17) is 5.26 Å². The first-order valence-corrected chi connectivity index (χ1v) is 7.28. The van der Waals surface area contributed by atoms with Crippen molar-refractivity contribution in [2.24, 2.45) is 5.92 Å². The molecule has 112 valence electrons. The first-order chi connectivity index (χ1) is 10.6. The lowest BCUT2D eigenvalue weighted by atomic mass is 10.1. The maximum Gasteiger partial charge on any atom is 0.270 e. The first-order valence-electron chi connectivity index (χ1n) is 7.28. The van der Waals surface area contributed by atoms with Gasteiger partial charge < -0.3 is 9.88 Å². The predicted molar refractivity (Wildman–Crippen MR) is 79.7 cm³/mol. The molecule has 22 heavy (non-hydrogen) atoms. The van der Waals surface area contributed by atoms with E-state index in [9.17, 15) is 4.79 Å². The fourth-order valence-electron chi connectivity index (χ4n) is 2.55. The lowest BCUT2D eigenvalue weighted by molar-refractivity contribution is 0.0745. The topological polar surface area (TPSA) is 85.7 Å². The molecule has 2 aromatic heterocycles. The Morgan fingerprint density at radius 2 is 2.32 bits per heavy atom. The number of nitrogens with zero attached hydrogens (tertiary/aromatic N) is 4. The van der Waals surface area contributed by atoms with Gasteiger partial charge in [0, 0.05) is 30.9 Å². The van der Waals surface area contributed by atoms with Gasteiger partial charge in [0.25, 0.3) is 5.91 Å². The van der Waals surface area contributed by atoms with Gasteiger partial charge in [0.2, 0.25) is 0 Å². The van der Waals surface area contributed by atoms with Gasteiger partial charge in [0.1, 0.15) is 17.6 Å². The van der Waals surface area contributed by atoms with E-state index in [0.29, 0.717) is 30.3 Å². The van der Waals surface area contributed by atoms with Crippen molar-refractivity contribution in [1.82, 2.24) is 19.9 Å². The Labute approximate surface area is 128 Å². The summed E-state index contributed by atoms with van der Waals surface area (Å²) < 4.78 is 0. The second-order valence-electron chi connectivity index (χ2n) is 5.93. The number of carbonyl (C=O) groups excluding carboxylic acids is 1. The van der Waals surface area contributed by atoms with Crippen molar-refractivity contribution in [3.63, 3.8) is 0 Å². The van der Waals surface area contributed by atoms with Gasteiger partial charge in [0.05, 0.1) is 17.8 Å². The van der Waals surface area contributed by atoms with Gasteiger partial charge >= 0.3 is 0 Å².